The number of hydrogen-bond donors (Lipinski definition) is 2. The molecule has 2 atom stereocenters. The van der Waals surface area contributed by atoms with Gasteiger partial charge in [-0.2, -0.15) is 0 Å². The lowest BCUT2D eigenvalue weighted by Gasteiger charge is -2.21. The van der Waals surface area contributed by atoms with Crippen LogP contribution < -0.4 is 15.4 Å². The van der Waals surface area contributed by atoms with Crippen LogP contribution >= 0.6 is 0 Å². The van der Waals surface area contributed by atoms with Crippen molar-refractivity contribution in [2.75, 3.05) is 11.9 Å². The number of hydrogen-bond acceptors (Lipinski definition) is 3. The average Bonchev–Trinajstić information content (AvgIpc) is 2.72. The summed E-state index contributed by atoms with van der Waals surface area (Å²) in [5, 5.41) is 5.62. The number of rotatable bonds is 9. The van der Waals surface area contributed by atoms with Crippen LogP contribution in [-0.2, 0) is 4.79 Å². The Morgan fingerprint density at radius 2 is 1.75 bits per heavy atom. The van der Waals surface area contributed by atoms with Gasteiger partial charge >= 0.3 is 0 Å². The molecule has 0 bridgehead atoms. The molecule has 2 aromatic rings. The molecule has 0 heterocycles. The van der Waals surface area contributed by atoms with E-state index < -0.39 is 6.10 Å². The third kappa shape index (κ3) is 5.59. The lowest BCUT2D eigenvalue weighted by molar-refractivity contribution is -0.122. The van der Waals surface area contributed by atoms with Crippen LogP contribution in [-0.4, -0.2) is 24.5 Å². The van der Waals surface area contributed by atoms with Crippen molar-refractivity contribution in [2.45, 2.75) is 52.6 Å². The molecule has 150 valence electrons. The highest BCUT2D eigenvalue weighted by molar-refractivity contribution is 5.98. The van der Waals surface area contributed by atoms with Crippen molar-refractivity contribution in [1.29, 1.82) is 0 Å². The smallest absolute Gasteiger partial charge is 0.265 e. The van der Waals surface area contributed by atoms with Gasteiger partial charge in [0.2, 0.25) is 0 Å². The Hall–Kier alpha value is -2.82. The molecule has 5 heteroatoms. The maximum Gasteiger partial charge on any atom is 0.265 e. The number of carbonyl (C=O) groups excluding carboxylic acids is 2. The lowest BCUT2D eigenvalue weighted by Crippen LogP contribution is -2.32. The van der Waals surface area contributed by atoms with Crippen molar-refractivity contribution in [3.63, 3.8) is 0 Å². The molecular weight excluding hydrogens is 352 g/mol. The number of carbonyl (C=O) groups is 2. The average molecular weight is 383 g/mol. The fourth-order valence-electron chi connectivity index (χ4n) is 2.91. The van der Waals surface area contributed by atoms with Crippen molar-refractivity contribution in [3.8, 4) is 5.75 Å². The molecule has 2 rings (SSSR count). The quantitative estimate of drug-likeness (QED) is 0.658. The first-order chi connectivity index (χ1) is 13.5. The summed E-state index contributed by atoms with van der Waals surface area (Å²) < 4.78 is 6.08. The van der Waals surface area contributed by atoms with Crippen LogP contribution in [0, 0.1) is 0 Å². The minimum atomic E-state index is -0.613. The van der Waals surface area contributed by atoms with Crippen molar-refractivity contribution >= 4 is 17.5 Å². The van der Waals surface area contributed by atoms with Crippen molar-refractivity contribution in [2.24, 2.45) is 0 Å². The zero-order valence-electron chi connectivity index (χ0n) is 17.1. The summed E-state index contributed by atoms with van der Waals surface area (Å²) in [4.78, 5) is 24.8. The van der Waals surface area contributed by atoms with E-state index in [1.54, 1.807) is 24.3 Å². The molecule has 2 N–H and O–H groups in total. The summed E-state index contributed by atoms with van der Waals surface area (Å²) in [7, 11) is 0. The predicted molar refractivity (Wildman–Crippen MR) is 113 cm³/mol. The summed E-state index contributed by atoms with van der Waals surface area (Å²) in [5.41, 5.74) is 2.19. The second-order valence-corrected chi connectivity index (χ2v) is 6.79. The number of ether oxygens (including phenoxy) is 1. The summed E-state index contributed by atoms with van der Waals surface area (Å²) in [6.07, 6.45) is 0.922. The Morgan fingerprint density at radius 1 is 1.00 bits per heavy atom. The van der Waals surface area contributed by atoms with E-state index in [0.29, 0.717) is 30.1 Å². The van der Waals surface area contributed by atoms with Gasteiger partial charge in [0, 0.05) is 17.8 Å². The molecule has 0 aliphatic carbocycles. The van der Waals surface area contributed by atoms with Gasteiger partial charge in [0.1, 0.15) is 5.75 Å². The first-order valence-electron chi connectivity index (χ1n) is 9.94. The first-order valence-corrected chi connectivity index (χ1v) is 9.94. The van der Waals surface area contributed by atoms with Gasteiger partial charge in [-0.1, -0.05) is 45.0 Å². The minimum Gasteiger partial charge on any atom is -0.480 e. The summed E-state index contributed by atoms with van der Waals surface area (Å²) >= 11 is 0. The molecular formula is C23H30N2O3. The van der Waals surface area contributed by atoms with E-state index in [1.807, 2.05) is 38.1 Å². The van der Waals surface area contributed by atoms with E-state index in [2.05, 4.69) is 24.5 Å². The molecule has 2 unspecified atom stereocenters. The minimum absolute atomic E-state index is 0.163. The van der Waals surface area contributed by atoms with E-state index in [0.717, 1.165) is 17.7 Å². The Kier molecular flexibility index (Phi) is 8.05. The fraction of sp³-hybridized carbons (Fsp3) is 0.391. The highest BCUT2D eigenvalue weighted by Gasteiger charge is 2.21. The number of amides is 2. The molecule has 0 aliphatic heterocycles. The SMILES string of the molecule is CCNC(=O)c1cccc(NC(=O)C(CC)Oc2ccccc2C(C)CC)c1. The predicted octanol–water partition coefficient (Wildman–Crippen LogP) is 4.75. The molecule has 0 radical (unpaired) electrons. The Morgan fingerprint density at radius 3 is 2.43 bits per heavy atom. The maximum atomic E-state index is 12.8. The van der Waals surface area contributed by atoms with E-state index in [4.69, 9.17) is 4.74 Å². The molecule has 28 heavy (non-hydrogen) atoms. The third-order valence-corrected chi connectivity index (χ3v) is 4.72. The van der Waals surface area contributed by atoms with Crippen molar-refractivity contribution in [1.82, 2.24) is 5.32 Å². The van der Waals surface area contributed by atoms with Gasteiger partial charge in [0.25, 0.3) is 11.8 Å². The molecule has 0 aliphatic rings. The Balaban J connectivity index is 2.13. The van der Waals surface area contributed by atoms with Crippen LogP contribution in [0.1, 0.15) is 62.4 Å². The largest absolute Gasteiger partial charge is 0.480 e. The van der Waals surface area contributed by atoms with Gasteiger partial charge in [-0.05, 0) is 55.5 Å². The topological polar surface area (TPSA) is 67.4 Å². The van der Waals surface area contributed by atoms with Crippen LogP contribution in [0.5, 0.6) is 5.75 Å². The molecule has 0 saturated carbocycles. The zero-order chi connectivity index (χ0) is 20.5. The molecule has 0 aromatic heterocycles. The van der Waals surface area contributed by atoms with Crippen LogP contribution in [0.15, 0.2) is 48.5 Å². The molecule has 2 amide bonds. The lowest BCUT2D eigenvalue weighted by atomic mass is 9.98. The molecule has 0 spiro atoms. The van der Waals surface area contributed by atoms with E-state index in [9.17, 15) is 9.59 Å². The molecule has 5 nitrogen and oxygen atoms in total. The van der Waals surface area contributed by atoms with Gasteiger partial charge in [0.05, 0.1) is 0 Å². The maximum absolute atomic E-state index is 12.8. The van der Waals surface area contributed by atoms with Gasteiger partial charge in [-0.25, -0.2) is 0 Å². The monoisotopic (exact) mass is 382 g/mol. The van der Waals surface area contributed by atoms with Crippen LogP contribution in [0.3, 0.4) is 0 Å². The summed E-state index contributed by atoms with van der Waals surface area (Å²) in [6, 6.07) is 14.8. The number of benzene rings is 2. The fourth-order valence-corrected chi connectivity index (χ4v) is 2.91. The van der Waals surface area contributed by atoms with Crippen LogP contribution in [0.25, 0.3) is 0 Å². The highest BCUT2D eigenvalue weighted by Crippen LogP contribution is 2.29. The van der Waals surface area contributed by atoms with Crippen molar-refractivity contribution in [3.05, 3.63) is 59.7 Å². The van der Waals surface area contributed by atoms with E-state index >= 15 is 0 Å². The second-order valence-electron chi connectivity index (χ2n) is 6.79. The Bertz CT molecular complexity index is 804. The molecule has 0 fully saturated rings. The molecule has 2 aromatic carbocycles. The van der Waals surface area contributed by atoms with Gasteiger partial charge in [-0.3, -0.25) is 9.59 Å². The summed E-state index contributed by atoms with van der Waals surface area (Å²) in [5.74, 6) is 0.708. The zero-order valence-corrected chi connectivity index (χ0v) is 17.1. The van der Waals surface area contributed by atoms with E-state index in [-0.39, 0.29) is 11.8 Å². The van der Waals surface area contributed by atoms with Gasteiger partial charge in [0.15, 0.2) is 6.10 Å². The second kappa shape index (κ2) is 10.5. The number of anilines is 1. The van der Waals surface area contributed by atoms with Gasteiger partial charge in [-0.15, -0.1) is 0 Å². The highest BCUT2D eigenvalue weighted by atomic mass is 16.5. The van der Waals surface area contributed by atoms with Crippen molar-refractivity contribution < 1.29 is 14.3 Å². The summed E-state index contributed by atoms with van der Waals surface area (Å²) in [6.45, 7) is 8.62. The van der Waals surface area contributed by atoms with E-state index in [1.165, 1.54) is 0 Å². The normalized spacial score (nSPS) is 12.7. The van der Waals surface area contributed by atoms with Crippen LogP contribution in [0.2, 0.25) is 0 Å². The first kappa shape index (κ1) is 21.5. The van der Waals surface area contributed by atoms with Crippen LogP contribution in [0.4, 0.5) is 5.69 Å². The van der Waals surface area contributed by atoms with Gasteiger partial charge < -0.3 is 15.4 Å². The third-order valence-electron chi connectivity index (χ3n) is 4.72. The standard InChI is InChI=1S/C23H30N2O3/c1-5-16(4)19-13-8-9-14-21(19)28-20(6-2)23(27)25-18-12-10-11-17(15-18)22(26)24-7-3/h8-16,20H,5-7H2,1-4H3,(H,24,26)(H,25,27). The number of nitrogens with one attached hydrogen (secondary N) is 2. The molecule has 0 saturated heterocycles. The Labute approximate surface area is 167 Å². The number of para-hydroxylation sites is 1.